The average Bonchev–Trinajstić information content (AvgIpc) is 2.44. The monoisotopic (exact) mass is 311 g/mol. The lowest BCUT2D eigenvalue weighted by Crippen LogP contribution is -2.20. The van der Waals surface area contributed by atoms with E-state index >= 15 is 0 Å². The van der Waals surface area contributed by atoms with Crippen molar-refractivity contribution in [3.63, 3.8) is 0 Å². The Morgan fingerprint density at radius 2 is 1.60 bits per heavy atom. The van der Waals surface area contributed by atoms with Gasteiger partial charge in [0.2, 0.25) is 0 Å². The average molecular weight is 312 g/mol. The van der Waals surface area contributed by atoms with Crippen LogP contribution in [0.3, 0.4) is 0 Å². The quantitative estimate of drug-likeness (QED) is 0.865. The van der Waals surface area contributed by atoms with E-state index in [0.717, 1.165) is 5.56 Å². The molecule has 0 fully saturated rings. The van der Waals surface area contributed by atoms with Crippen LogP contribution in [0.15, 0.2) is 42.5 Å². The van der Waals surface area contributed by atoms with Crippen molar-refractivity contribution in [2.24, 2.45) is 11.7 Å². The third-order valence-electron chi connectivity index (χ3n) is 3.35. The fraction of sp³-hybridized carbons (Fsp3) is 0.250. The lowest BCUT2D eigenvalue weighted by Gasteiger charge is -2.17. The second-order valence-corrected chi connectivity index (χ2v) is 5.62. The van der Waals surface area contributed by atoms with Crippen LogP contribution < -0.4 is 5.73 Å². The summed E-state index contributed by atoms with van der Waals surface area (Å²) in [6.07, 6.45) is 1.22. The van der Waals surface area contributed by atoms with Crippen LogP contribution in [0.5, 0.6) is 0 Å². The Kier molecular flexibility index (Phi) is 5.41. The highest BCUT2D eigenvalue weighted by Crippen LogP contribution is 2.28. The zero-order valence-corrected chi connectivity index (χ0v) is 12.5. The molecule has 2 rings (SSSR count). The van der Waals surface area contributed by atoms with Gasteiger partial charge in [-0.05, 0) is 54.6 Å². The molecule has 0 bridgehead atoms. The predicted octanol–water partition coefficient (Wildman–Crippen LogP) is 4.49. The molecule has 0 aliphatic rings. The van der Waals surface area contributed by atoms with E-state index in [1.54, 1.807) is 24.3 Å². The van der Waals surface area contributed by atoms with Gasteiger partial charge in [-0.25, -0.2) is 4.39 Å². The molecule has 0 amide bonds. The van der Waals surface area contributed by atoms with Crippen molar-refractivity contribution in [1.29, 1.82) is 0 Å². The van der Waals surface area contributed by atoms with E-state index in [0.29, 0.717) is 35.0 Å². The fourth-order valence-corrected chi connectivity index (χ4v) is 2.78. The van der Waals surface area contributed by atoms with Gasteiger partial charge in [0.05, 0.1) is 0 Å². The first-order valence-corrected chi connectivity index (χ1v) is 7.23. The molecule has 1 atom stereocenters. The summed E-state index contributed by atoms with van der Waals surface area (Å²) in [7, 11) is 0. The van der Waals surface area contributed by atoms with E-state index in [2.05, 4.69) is 0 Å². The molecular formula is C16H16Cl2FN. The first-order valence-electron chi connectivity index (χ1n) is 6.48. The Morgan fingerprint density at radius 1 is 0.950 bits per heavy atom. The van der Waals surface area contributed by atoms with Crippen LogP contribution in [0.2, 0.25) is 10.0 Å². The predicted molar refractivity (Wildman–Crippen MR) is 82.8 cm³/mol. The van der Waals surface area contributed by atoms with Crippen molar-refractivity contribution in [1.82, 2.24) is 0 Å². The van der Waals surface area contributed by atoms with Gasteiger partial charge in [0.1, 0.15) is 5.82 Å². The summed E-state index contributed by atoms with van der Waals surface area (Å²) in [6, 6.07) is 12.2. The van der Waals surface area contributed by atoms with E-state index in [1.807, 2.05) is 12.1 Å². The second kappa shape index (κ2) is 7.07. The molecule has 106 valence electrons. The number of halogens is 3. The van der Waals surface area contributed by atoms with E-state index in [4.69, 9.17) is 28.9 Å². The second-order valence-electron chi connectivity index (χ2n) is 4.80. The molecule has 0 aromatic heterocycles. The first-order chi connectivity index (χ1) is 9.61. The van der Waals surface area contributed by atoms with Crippen molar-refractivity contribution in [2.45, 2.75) is 12.8 Å². The Labute approximate surface area is 128 Å². The van der Waals surface area contributed by atoms with Crippen LogP contribution in [0.1, 0.15) is 11.1 Å². The van der Waals surface area contributed by atoms with Crippen molar-refractivity contribution in [3.8, 4) is 0 Å². The zero-order chi connectivity index (χ0) is 14.5. The summed E-state index contributed by atoms with van der Waals surface area (Å²) in [5.74, 6) is -0.0968. The molecule has 0 radical (unpaired) electrons. The standard InChI is InChI=1S/C16H16Cl2FN/c17-14-5-3-6-15(18)13(14)9-11(10-20)8-12-4-1-2-7-16(12)19/h1-7,11H,8-10,20H2. The van der Waals surface area contributed by atoms with Gasteiger partial charge in [-0.15, -0.1) is 0 Å². The third kappa shape index (κ3) is 3.72. The molecule has 20 heavy (non-hydrogen) atoms. The molecule has 0 saturated carbocycles. The molecule has 1 nitrogen and oxygen atoms in total. The molecule has 0 aliphatic carbocycles. The molecule has 2 N–H and O–H groups in total. The highest BCUT2D eigenvalue weighted by Gasteiger charge is 2.15. The van der Waals surface area contributed by atoms with Crippen LogP contribution >= 0.6 is 23.2 Å². The molecule has 0 saturated heterocycles. The molecule has 0 aliphatic heterocycles. The smallest absolute Gasteiger partial charge is 0.126 e. The first kappa shape index (κ1) is 15.3. The highest BCUT2D eigenvalue weighted by molar-refractivity contribution is 6.35. The van der Waals surface area contributed by atoms with Crippen molar-refractivity contribution >= 4 is 23.2 Å². The van der Waals surface area contributed by atoms with Gasteiger partial charge < -0.3 is 5.73 Å². The number of benzene rings is 2. The van der Waals surface area contributed by atoms with E-state index in [9.17, 15) is 4.39 Å². The van der Waals surface area contributed by atoms with Gasteiger partial charge in [0.15, 0.2) is 0 Å². The van der Waals surface area contributed by atoms with Crippen LogP contribution in [0, 0.1) is 11.7 Å². The highest BCUT2D eigenvalue weighted by atomic mass is 35.5. The van der Waals surface area contributed by atoms with Gasteiger partial charge in [-0.1, -0.05) is 47.5 Å². The van der Waals surface area contributed by atoms with Gasteiger partial charge in [0.25, 0.3) is 0 Å². The number of hydrogen-bond donors (Lipinski definition) is 1. The summed E-state index contributed by atoms with van der Waals surface area (Å²) < 4.78 is 13.7. The Balaban J connectivity index is 2.16. The molecule has 2 aromatic carbocycles. The van der Waals surface area contributed by atoms with Gasteiger partial charge in [0, 0.05) is 10.0 Å². The van der Waals surface area contributed by atoms with Crippen molar-refractivity contribution in [3.05, 3.63) is 69.5 Å². The van der Waals surface area contributed by atoms with Crippen LogP contribution in [-0.2, 0) is 12.8 Å². The molecule has 2 aromatic rings. The molecule has 1 unspecified atom stereocenters. The zero-order valence-electron chi connectivity index (χ0n) is 11.0. The summed E-state index contributed by atoms with van der Waals surface area (Å²) in [5.41, 5.74) is 7.36. The maximum absolute atomic E-state index is 13.7. The Hall–Kier alpha value is -1.09. The van der Waals surface area contributed by atoms with Crippen LogP contribution in [-0.4, -0.2) is 6.54 Å². The van der Waals surface area contributed by atoms with Crippen LogP contribution in [0.25, 0.3) is 0 Å². The molecule has 4 heteroatoms. The van der Waals surface area contributed by atoms with Gasteiger partial charge >= 0.3 is 0 Å². The fourth-order valence-electron chi connectivity index (χ4n) is 2.23. The Morgan fingerprint density at radius 3 is 2.20 bits per heavy atom. The minimum absolute atomic E-state index is 0.101. The van der Waals surface area contributed by atoms with E-state index in [1.165, 1.54) is 6.07 Å². The maximum atomic E-state index is 13.7. The molecule has 0 spiro atoms. The summed E-state index contributed by atoms with van der Waals surface area (Å²) >= 11 is 12.3. The Bertz CT molecular complexity index is 566. The minimum atomic E-state index is -0.198. The van der Waals surface area contributed by atoms with Crippen LogP contribution in [0.4, 0.5) is 4.39 Å². The molecule has 0 heterocycles. The third-order valence-corrected chi connectivity index (χ3v) is 4.06. The minimum Gasteiger partial charge on any atom is -0.330 e. The summed E-state index contributed by atoms with van der Waals surface area (Å²) in [6.45, 7) is 0.454. The number of nitrogens with two attached hydrogens (primary N) is 1. The molecular weight excluding hydrogens is 296 g/mol. The lowest BCUT2D eigenvalue weighted by atomic mass is 9.92. The summed E-state index contributed by atoms with van der Waals surface area (Å²) in [5, 5.41) is 1.26. The topological polar surface area (TPSA) is 26.0 Å². The summed E-state index contributed by atoms with van der Waals surface area (Å²) in [4.78, 5) is 0. The number of hydrogen-bond acceptors (Lipinski definition) is 1. The van der Waals surface area contributed by atoms with Gasteiger partial charge in [-0.2, -0.15) is 0 Å². The lowest BCUT2D eigenvalue weighted by molar-refractivity contribution is 0.512. The van der Waals surface area contributed by atoms with Gasteiger partial charge in [-0.3, -0.25) is 0 Å². The SMILES string of the molecule is NCC(Cc1ccccc1F)Cc1c(Cl)cccc1Cl. The maximum Gasteiger partial charge on any atom is 0.126 e. The normalized spacial score (nSPS) is 12.4. The number of rotatable bonds is 5. The van der Waals surface area contributed by atoms with Crippen molar-refractivity contribution < 1.29 is 4.39 Å². The van der Waals surface area contributed by atoms with Crippen molar-refractivity contribution in [2.75, 3.05) is 6.54 Å². The largest absolute Gasteiger partial charge is 0.330 e. The van der Waals surface area contributed by atoms with E-state index < -0.39 is 0 Å². The van der Waals surface area contributed by atoms with E-state index in [-0.39, 0.29) is 11.7 Å².